The summed E-state index contributed by atoms with van der Waals surface area (Å²) in [6.45, 7) is 1.96. The van der Waals surface area contributed by atoms with E-state index in [2.05, 4.69) is 37.4 Å². The predicted molar refractivity (Wildman–Crippen MR) is 117 cm³/mol. The molecular formula is C22H22N6O2. The quantitative estimate of drug-likeness (QED) is 0.475. The highest BCUT2D eigenvalue weighted by molar-refractivity contribution is 5.83. The summed E-state index contributed by atoms with van der Waals surface area (Å²) in [5, 5.41) is 4.62. The van der Waals surface area contributed by atoms with Gasteiger partial charge in [0.15, 0.2) is 17.5 Å². The molecule has 5 rings (SSSR count). The number of ether oxygens (including phenoxy) is 1. The Balaban J connectivity index is 1.46. The number of likely N-dealkylation sites (N-methyl/N-ethyl adjacent to an activating group) is 1. The molecule has 0 fully saturated rings. The van der Waals surface area contributed by atoms with Crippen LogP contribution in [0.5, 0.6) is 5.75 Å². The lowest BCUT2D eigenvalue weighted by Crippen LogP contribution is -2.31. The molecule has 8 nitrogen and oxygen atoms in total. The van der Waals surface area contributed by atoms with Crippen LogP contribution in [0.3, 0.4) is 0 Å². The Hall–Kier alpha value is -3.81. The number of rotatable bonds is 5. The van der Waals surface area contributed by atoms with E-state index in [1.807, 2.05) is 30.3 Å². The van der Waals surface area contributed by atoms with E-state index in [0.717, 1.165) is 18.5 Å². The van der Waals surface area contributed by atoms with Crippen molar-refractivity contribution in [3.05, 3.63) is 64.7 Å². The fourth-order valence-corrected chi connectivity index (χ4v) is 3.71. The minimum Gasteiger partial charge on any atom is -0.485 e. The van der Waals surface area contributed by atoms with Gasteiger partial charge in [0.05, 0.1) is 12.1 Å². The van der Waals surface area contributed by atoms with Gasteiger partial charge in [-0.15, -0.1) is 0 Å². The molecule has 8 heteroatoms. The number of para-hydroxylation sites is 1. The second-order valence-corrected chi connectivity index (χ2v) is 7.27. The highest BCUT2D eigenvalue weighted by atomic mass is 16.5. The number of aromatic nitrogens is 4. The zero-order chi connectivity index (χ0) is 20.5. The molecule has 0 radical (unpaired) electrons. The number of anilines is 2. The molecule has 4 heterocycles. The molecule has 30 heavy (non-hydrogen) atoms. The van der Waals surface area contributed by atoms with Gasteiger partial charge < -0.3 is 24.9 Å². The van der Waals surface area contributed by atoms with Gasteiger partial charge in [0.25, 0.3) is 5.56 Å². The van der Waals surface area contributed by atoms with Gasteiger partial charge in [0, 0.05) is 36.9 Å². The molecule has 1 aliphatic rings. The number of nitrogens with one attached hydrogen (secondary N) is 3. The summed E-state index contributed by atoms with van der Waals surface area (Å²) in [7, 11) is 1.96. The van der Waals surface area contributed by atoms with Crippen LogP contribution in [-0.4, -0.2) is 46.7 Å². The number of pyridine rings is 1. The van der Waals surface area contributed by atoms with Crippen molar-refractivity contribution in [1.29, 1.82) is 0 Å². The van der Waals surface area contributed by atoms with Crippen molar-refractivity contribution in [1.82, 2.24) is 19.9 Å². The Kier molecular flexibility index (Phi) is 4.59. The first-order chi connectivity index (χ1) is 14.7. The third-order valence-corrected chi connectivity index (χ3v) is 5.30. The lowest BCUT2D eigenvalue weighted by molar-refractivity contribution is 0.309. The minimum atomic E-state index is -0.221. The van der Waals surface area contributed by atoms with Gasteiger partial charge in [0.2, 0.25) is 5.75 Å². The summed E-state index contributed by atoms with van der Waals surface area (Å²) in [5.41, 5.74) is 2.57. The first-order valence-electron chi connectivity index (χ1n) is 9.93. The van der Waals surface area contributed by atoms with Crippen molar-refractivity contribution < 1.29 is 4.74 Å². The molecule has 0 saturated heterocycles. The molecule has 3 N–H and O–H groups in total. The van der Waals surface area contributed by atoms with Crippen molar-refractivity contribution in [2.24, 2.45) is 0 Å². The van der Waals surface area contributed by atoms with Gasteiger partial charge in [0.1, 0.15) is 6.61 Å². The van der Waals surface area contributed by atoms with E-state index in [4.69, 9.17) is 4.74 Å². The molecule has 152 valence electrons. The Bertz CT molecular complexity index is 1260. The Morgan fingerprint density at radius 3 is 2.97 bits per heavy atom. The van der Waals surface area contributed by atoms with Gasteiger partial charge >= 0.3 is 0 Å². The summed E-state index contributed by atoms with van der Waals surface area (Å²) < 4.78 is 5.88. The zero-order valence-corrected chi connectivity index (χ0v) is 16.6. The molecule has 0 unspecified atom stereocenters. The summed E-state index contributed by atoms with van der Waals surface area (Å²) in [4.78, 5) is 29.5. The van der Waals surface area contributed by atoms with Gasteiger partial charge in [-0.3, -0.25) is 4.79 Å². The standard InChI is InChI=1S/C22H22N6O2/c1-28-11-12-30-18-20(23-10-8-14-13-25-17-7-3-2-5-15(14)17)26-19(27-21(18)28)16-6-4-9-24-22(16)29/h2-7,9,13,25H,8,10-12H2,1H3,(H,24,29)(H,23,26,27). The van der Waals surface area contributed by atoms with Crippen molar-refractivity contribution in [3.63, 3.8) is 0 Å². The van der Waals surface area contributed by atoms with Crippen molar-refractivity contribution in [2.75, 3.05) is 37.0 Å². The summed E-state index contributed by atoms with van der Waals surface area (Å²) in [5.74, 6) is 2.29. The highest BCUT2D eigenvalue weighted by Crippen LogP contribution is 2.36. The molecule has 3 aromatic heterocycles. The lowest BCUT2D eigenvalue weighted by Gasteiger charge is -2.28. The maximum absolute atomic E-state index is 12.3. The van der Waals surface area contributed by atoms with Crippen LogP contribution >= 0.6 is 0 Å². The van der Waals surface area contributed by atoms with E-state index in [9.17, 15) is 4.79 Å². The van der Waals surface area contributed by atoms with E-state index in [-0.39, 0.29) is 5.56 Å². The molecule has 0 spiro atoms. The predicted octanol–water partition coefficient (Wildman–Crippen LogP) is 2.80. The SMILES string of the molecule is CN1CCOc2c(NCCc3c[nH]c4ccccc34)nc(-c3ccc[nH]c3=O)nc21. The van der Waals surface area contributed by atoms with Crippen molar-refractivity contribution in [3.8, 4) is 17.1 Å². The lowest BCUT2D eigenvalue weighted by atomic mass is 10.1. The first-order valence-corrected chi connectivity index (χ1v) is 9.93. The Labute approximate surface area is 172 Å². The Morgan fingerprint density at radius 2 is 2.07 bits per heavy atom. The van der Waals surface area contributed by atoms with Crippen LogP contribution in [0.1, 0.15) is 5.56 Å². The summed E-state index contributed by atoms with van der Waals surface area (Å²) in [6, 6.07) is 11.7. The zero-order valence-electron chi connectivity index (χ0n) is 16.6. The molecule has 1 aliphatic heterocycles. The average molecular weight is 402 g/mol. The molecular weight excluding hydrogens is 380 g/mol. The third kappa shape index (κ3) is 3.26. The van der Waals surface area contributed by atoms with E-state index in [1.54, 1.807) is 18.3 Å². The van der Waals surface area contributed by atoms with Crippen LogP contribution in [0.2, 0.25) is 0 Å². The van der Waals surface area contributed by atoms with Crippen LogP contribution in [0.15, 0.2) is 53.6 Å². The van der Waals surface area contributed by atoms with Crippen molar-refractivity contribution >= 4 is 22.5 Å². The van der Waals surface area contributed by atoms with E-state index in [0.29, 0.717) is 41.9 Å². The summed E-state index contributed by atoms with van der Waals surface area (Å²) >= 11 is 0. The van der Waals surface area contributed by atoms with Crippen LogP contribution in [0.25, 0.3) is 22.3 Å². The van der Waals surface area contributed by atoms with Gasteiger partial charge in [-0.2, -0.15) is 0 Å². The van der Waals surface area contributed by atoms with Gasteiger partial charge in [-0.1, -0.05) is 18.2 Å². The number of H-pyrrole nitrogens is 2. The smallest absolute Gasteiger partial charge is 0.259 e. The highest BCUT2D eigenvalue weighted by Gasteiger charge is 2.24. The van der Waals surface area contributed by atoms with Gasteiger partial charge in [-0.25, -0.2) is 9.97 Å². The van der Waals surface area contributed by atoms with Crippen LogP contribution in [0, 0.1) is 0 Å². The van der Waals surface area contributed by atoms with Crippen LogP contribution < -0.4 is 20.5 Å². The van der Waals surface area contributed by atoms with E-state index >= 15 is 0 Å². The molecule has 0 aliphatic carbocycles. The third-order valence-electron chi connectivity index (χ3n) is 5.30. The van der Waals surface area contributed by atoms with E-state index < -0.39 is 0 Å². The average Bonchev–Trinajstić information content (AvgIpc) is 3.18. The summed E-state index contributed by atoms with van der Waals surface area (Å²) in [6.07, 6.45) is 4.46. The Morgan fingerprint density at radius 1 is 1.17 bits per heavy atom. The number of fused-ring (bicyclic) bond motifs is 2. The minimum absolute atomic E-state index is 0.221. The second-order valence-electron chi connectivity index (χ2n) is 7.27. The molecule has 0 atom stereocenters. The number of benzene rings is 1. The fraction of sp³-hybridized carbons (Fsp3) is 0.227. The van der Waals surface area contributed by atoms with E-state index in [1.165, 1.54) is 10.9 Å². The number of hydrogen-bond donors (Lipinski definition) is 3. The molecule has 0 bridgehead atoms. The van der Waals surface area contributed by atoms with Crippen LogP contribution in [0.4, 0.5) is 11.6 Å². The number of nitrogens with zero attached hydrogens (tertiary/aromatic N) is 3. The topological polar surface area (TPSA) is 98.9 Å². The van der Waals surface area contributed by atoms with Crippen LogP contribution in [-0.2, 0) is 6.42 Å². The van der Waals surface area contributed by atoms with Crippen molar-refractivity contribution in [2.45, 2.75) is 6.42 Å². The van der Waals surface area contributed by atoms with Gasteiger partial charge in [-0.05, 0) is 30.2 Å². The molecule has 0 amide bonds. The maximum atomic E-state index is 12.3. The second kappa shape index (κ2) is 7.55. The fourth-order valence-electron chi connectivity index (χ4n) is 3.71. The maximum Gasteiger partial charge on any atom is 0.259 e. The molecule has 0 saturated carbocycles. The monoisotopic (exact) mass is 402 g/mol. The number of hydrogen-bond acceptors (Lipinski definition) is 6. The normalized spacial score (nSPS) is 13.2. The first kappa shape index (κ1) is 18.2. The molecule has 4 aromatic rings. The molecule has 1 aromatic carbocycles. The number of aromatic amines is 2. The largest absolute Gasteiger partial charge is 0.485 e.